The molecule has 0 saturated carbocycles. The van der Waals surface area contributed by atoms with Crippen LogP contribution in [0.2, 0.25) is 0 Å². The molecule has 0 aliphatic rings. The van der Waals surface area contributed by atoms with Gasteiger partial charge in [-0.2, -0.15) is 4.99 Å². The maximum Gasteiger partial charge on any atom is 0.279 e. The Morgan fingerprint density at radius 3 is 2.83 bits per heavy atom. The summed E-state index contributed by atoms with van der Waals surface area (Å²) in [7, 11) is 0. The van der Waals surface area contributed by atoms with E-state index in [1.165, 1.54) is 11.3 Å². The lowest BCUT2D eigenvalue weighted by Crippen LogP contribution is -2.16. The van der Waals surface area contributed by atoms with Gasteiger partial charge in [-0.25, -0.2) is 0 Å². The van der Waals surface area contributed by atoms with Crippen molar-refractivity contribution in [2.24, 2.45) is 4.99 Å². The highest BCUT2D eigenvalue weighted by Gasteiger charge is 2.10. The molecule has 0 aliphatic carbocycles. The van der Waals surface area contributed by atoms with Crippen molar-refractivity contribution in [1.29, 1.82) is 0 Å². The fourth-order valence-electron chi connectivity index (χ4n) is 2.37. The largest absolute Gasteiger partial charge is 0.316 e. The van der Waals surface area contributed by atoms with E-state index in [4.69, 9.17) is 0 Å². The Bertz CT molecular complexity index is 943. The quantitative estimate of drug-likeness (QED) is 0.576. The summed E-state index contributed by atoms with van der Waals surface area (Å²) in [6, 6.07) is 13.6. The summed E-state index contributed by atoms with van der Waals surface area (Å²) in [5.74, 6) is -0.203. The highest BCUT2D eigenvalue weighted by atomic mass is 79.9. The molecule has 1 aromatic heterocycles. The molecule has 0 spiro atoms. The third-order valence-corrected chi connectivity index (χ3v) is 5.89. The summed E-state index contributed by atoms with van der Waals surface area (Å²) in [4.78, 5) is 18.7. The van der Waals surface area contributed by atoms with Gasteiger partial charge in [0.2, 0.25) is 0 Å². The van der Waals surface area contributed by atoms with Gasteiger partial charge >= 0.3 is 0 Å². The number of para-hydroxylation sites is 1. The number of aromatic nitrogens is 1. The van der Waals surface area contributed by atoms with E-state index >= 15 is 0 Å². The van der Waals surface area contributed by atoms with Crippen molar-refractivity contribution in [3.63, 3.8) is 0 Å². The Morgan fingerprint density at radius 2 is 2.09 bits per heavy atom. The second-order valence-electron chi connectivity index (χ2n) is 4.86. The van der Waals surface area contributed by atoms with Gasteiger partial charge in [0.1, 0.15) is 0 Å². The van der Waals surface area contributed by atoms with Crippen molar-refractivity contribution in [2.45, 2.75) is 18.4 Å². The number of hydrogen-bond donors (Lipinski definition) is 0. The molecule has 0 saturated heterocycles. The van der Waals surface area contributed by atoms with Crippen molar-refractivity contribution in [2.75, 3.05) is 6.26 Å². The molecule has 3 nitrogen and oxygen atoms in total. The maximum atomic E-state index is 12.5. The van der Waals surface area contributed by atoms with Gasteiger partial charge in [-0.1, -0.05) is 23.5 Å². The fourth-order valence-corrected chi connectivity index (χ4v) is 4.66. The van der Waals surface area contributed by atoms with E-state index in [0.717, 1.165) is 30.9 Å². The van der Waals surface area contributed by atoms with Gasteiger partial charge < -0.3 is 4.57 Å². The van der Waals surface area contributed by atoms with E-state index in [2.05, 4.69) is 38.5 Å². The SMILES string of the molecule is CCn1c(=NC(=O)c2cccc(SC)c2)sc2cccc(Br)c21. The third kappa shape index (κ3) is 3.29. The van der Waals surface area contributed by atoms with Gasteiger partial charge in [-0.3, -0.25) is 4.79 Å². The van der Waals surface area contributed by atoms with Crippen molar-refractivity contribution < 1.29 is 4.79 Å². The second-order valence-corrected chi connectivity index (χ2v) is 7.61. The molecule has 0 bridgehead atoms. The van der Waals surface area contributed by atoms with Gasteiger partial charge in [-0.15, -0.1) is 11.8 Å². The van der Waals surface area contributed by atoms with Gasteiger partial charge in [0, 0.05) is 21.5 Å². The average molecular weight is 407 g/mol. The minimum absolute atomic E-state index is 0.203. The minimum atomic E-state index is -0.203. The Balaban J connectivity index is 2.13. The Hall–Kier alpha value is -1.37. The summed E-state index contributed by atoms with van der Waals surface area (Å²) in [5, 5.41) is 0. The molecule has 23 heavy (non-hydrogen) atoms. The van der Waals surface area contributed by atoms with Crippen molar-refractivity contribution in [1.82, 2.24) is 4.57 Å². The van der Waals surface area contributed by atoms with Crippen molar-refractivity contribution in [3.8, 4) is 0 Å². The van der Waals surface area contributed by atoms with Crippen molar-refractivity contribution in [3.05, 3.63) is 57.3 Å². The molecule has 3 rings (SSSR count). The molecule has 0 N–H and O–H groups in total. The summed E-state index contributed by atoms with van der Waals surface area (Å²) in [5.41, 5.74) is 1.71. The first-order valence-electron chi connectivity index (χ1n) is 7.15. The molecule has 0 fully saturated rings. The van der Waals surface area contributed by atoms with Crippen LogP contribution in [0, 0.1) is 0 Å². The molecule has 0 aliphatic heterocycles. The Kier molecular flexibility index (Phi) is 5.04. The first-order valence-corrected chi connectivity index (χ1v) is 9.98. The van der Waals surface area contributed by atoms with Crippen LogP contribution < -0.4 is 4.80 Å². The zero-order valence-corrected chi connectivity index (χ0v) is 16.0. The highest BCUT2D eigenvalue weighted by molar-refractivity contribution is 9.10. The Morgan fingerprint density at radius 1 is 1.30 bits per heavy atom. The number of amides is 1. The Labute approximate surface area is 151 Å². The lowest BCUT2D eigenvalue weighted by atomic mass is 10.2. The second kappa shape index (κ2) is 7.03. The molecule has 0 radical (unpaired) electrons. The number of carbonyl (C=O) groups is 1. The van der Waals surface area contributed by atoms with Crippen LogP contribution in [0.15, 0.2) is 56.8 Å². The number of nitrogens with zero attached hydrogens (tertiary/aromatic N) is 2. The van der Waals surface area contributed by atoms with Gasteiger partial charge in [0.25, 0.3) is 5.91 Å². The van der Waals surface area contributed by atoms with E-state index in [-0.39, 0.29) is 5.91 Å². The van der Waals surface area contributed by atoms with Crippen LogP contribution >= 0.6 is 39.0 Å². The number of thioether (sulfide) groups is 1. The molecule has 3 aromatic rings. The number of carbonyl (C=O) groups excluding carboxylic acids is 1. The number of aryl methyl sites for hydroxylation is 1. The van der Waals surface area contributed by atoms with E-state index in [0.29, 0.717) is 5.56 Å². The normalized spacial score (nSPS) is 12.0. The van der Waals surface area contributed by atoms with Crippen LogP contribution in [0.3, 0.4) is 0 Å². The van der Waals surface area contributed by atoms with Crippen LogP contribution in [-0.4, -0.2) is 16.7 Å². The van der Waals surface area contributed by atoms with Crippen LogP contribution in [0.25, 0.3) is 10.2 Å². The predicted molar refractivity (Wildman–Crippen MR) is 101 cm³/mol. The number of fused-ring (bicyclic) bond motifs is 1. The number of hydrogen-bond acceptors (Lipinski definition) is 3. The predicted octanol–water partition coefficient (Wildman–Crippen LogP) is 4.95. The lowest BCUT2D eigenvalue weighted by molar-refractivity contribution is 0.0997. The summed E-state index contributed by atoms with van der Waals surface area (Å²) in [6.45, 7) is 2.82. The number of rotatable bonds is 3. The molecule has 2 aromatic carbocycles. The topological polar surface area (TPSA) is 34.4 Å². The summed E-state index contributed by atoms with van der Waals surface area (Å²) >= 11 is 6.74. The number of halogens is 1. The zero-order chi connectivity index (χ0) is 16.4. The van der Waals surface area contributed by atoms with Crippen LogP contribution in [0.4, 0.5) is 0 Å². The van der Waals surface area contributed by atoms with Crippen LogP contribution in [0.5, 0.6) is 0 Å². The average Bonchev–Trinajstić information content (AvgIpc) is 2.93. The van der Waals surface area contributed by atoms with Gasteiger partial charge in [0.05, 0.1) is 10.2 Å². The smallest absolute Gasteiger partial charge is 0.279 e. The molecule has 6 heteroatoms. The first kappa shape index (κ1) is 16.5. The molecule has 0 atom stereocenters. The molecule has 1 heterocycles. The molecular formula is C17H15BrN2OS2. The number of thiazole rings is 1. The molecule has 0 unspecified atom stereocenters. The van der Waals surface area contributed by atoms with E-state index in [1.54, 1.807) is 11.8 Å². The molecular weight excluding hydrogens is 392 g/mol. The molecule has 118 valence electrons. The summed E-state index contributed by atoms with van der Waals surface area (Å²) in [6.07, 6.45) is 2.00. The maximum absolute atomic E-state index is 12.5. The monoisotopic (exact) mass is 406 g/mol. The third-order valence-electron chi connectivity index (χ3n) is 3.48. The van der Waals surface area contributed by atoms with E-state index in [1.807, 2.05) is 42.7 Å². The van der Waals surface area contributed by atoms with E-state index < -0.39 is 0 Å². The molecule has 1 amide bonds. The van der Waals surface area contributed by atoms with Gasteiger partial charge in [-0.05, 0) is 59.4 Å². The summed E-state index contributed by atoms with van der Waals surface area (Å²) < 4.78 is 4.21. The minimum Gasteiger partial charge on any atom is -0.316 e. The van der Waals surface area contributed by atoms with Crippen LogP contribution in [0.1, 0.15) is 17.3 Å². The number of benzene rings is 2. The van der Waals surface area contributed by atoms with Crippen LogP contribution in [-0.2, 0) is 6.54 Å². The highest BCUT2D eigenvalue weighted by Crippen LogP contribution is 2.25. The fraction of sp³-hybridized carbons (Fsp3) is 0.176. The zero-order valence-electron chi connectivity index (χ0n) is 12.7. The van der Waals surface area contributed by atoms with Gasteiger partial charge in [0.15, 0.2) is 4.80 Å². The van der Waals surface area contributed by atoms with E-state index in [9.17, 15) is 4.79 Å². The standard InChI is InChI=1S/C17H15BrN2OS2/c1-3-20-15-13(18)8-5-9-14(15)23-17(20)19-16(21)11-6-4-7-12(10-11)22-2/h4-10H,3H2,1-2H3. The van der Waals surface area contributed by atoms with Crippen molar-refractivity contribution >= 4 is 55.2 Å². The lowest BCUT2D eigenvalue weighted by Gasteiger charge is -2.02. The first-order chi connectivity index (χ1) is 11.1.